The lowest BCUT2D eigenvalue weighted by atomic mass is 10.4. The van der Waals surface area contributed by atoms with E-state index in [9.17, 15) is 4.79 Å². The van der Waals surface area contributed by atoms with Gasteiger partial charge in [-0.25, -0.2) is 4.79 Å². The van der Waals surface area contributed by atoms with Gasteiger partial charge in [-0.05, 0) is 19.1 Å². The molecule has 0 fully saturated rings. The molecule has 2 amide bonds. The molecule has 2 N–H and O–H groups in total. The summed E-state index contributed by atoms with van der Waals surface area (Å²) in [4.78, 5) is 15.0. The van der Waals surface area contributed by atoms with E-state index in [-0.39, 0.29) is 12.6 Å². The van der Waals surface area contributed by atoms with Gasteiger partial charge in [-0.15, -0.1) is 11.3 Å². The third kappa shape index (κ3) is 4.47. The Hall–Kier alpha value is -1.51. The van der Waals surface area contributed by atoms with E-state index in [1.807, 2.05) is 19.1 Å². The minimum atomic E-state index is -0.134. The number of hydrogen-bond acceptors (Lipinski definition) is 3. The molecule has 0 unspecified atom stereocenters. The average molecular weight is 252 g/mol. The van der Waals surface area contributed by atoms with Gasteiger partial charge in [-0.2, -0.15) is 0 Å². The van der Waals surface area contributed by atoms with Gasteiger partial charge in [0.15, 0.2) is 0 Å². The molecule has 0 saturated carbocycles. The molecular weight excluding hydrogens is 236 g/mol. The highest BCUT2D eigenvalue weighted by Gasteiger charge is 2.05. The minimum Gasteiger partial charge on any atom is -0.384 e. The maximum absolute atomic E-state index is 11.5. The standard InChI is InChI=1S/C12H16N2O2S/c1-3-14(2)12(16)13-9-11-7-6-10(17-11)5-4-8-15/h6-7,15H,3,8-9H2,1-2H3,(H,13,16). The fraction of sp³-hybridized carbons (Fsp3) is 0.417. The molecule has 4 nitrogen and oxygen atoms in total. The van der Waals surface area contributed by atoms with Crippen molar-refractivity contribution in [1.82, 2.24) is 10.2 Å². The zero-order valence-electron chi connectivity index (χ0n) is 9.99. The van der Waals surface area contributed by atoms with Crippen molar-refractivity contribution in [3.63, 3.8) is 0 Å². The van der Waals surface area contributed by atoms with Crippen LogP contribution < -0.4 is 5.32 Å². The molecular formula is C12H16N2O2S. The second kappa shape index (κ2) is 6.94. The van der Waals surface area contributed by atoms with Crippen LogP contribution in [0, 0.1) is 11.8 Å². The Labute approximate surface area is 105 Å². The molecule has 1 rings (SSSR count). The second-order valence-corrected chi connectivity index (χ2v) is 4.57. The highest BCUT2D eigenvalue weighted by atomic mass is 32.1. The van der Waals surface area contributed by atoms with Crippen LogP contribution in [0.4, 0.5) is 4.79 Å². The topological polar surface area (TPSA) is 52.6 Å². The Morgan fingerprint density at radius 2 is 2.35 bits per heavy atom. The van der Waals surface area contributed by atoms with Crippen molar-refractivity contribution >= 4 is 17.4 Å². The summed E-state index contributed by atoms with van der Waals surface area (Å²) in [5.74, 6) is 5.42. The van der Waals surface area contributed by atoms with E-state index in [1.165, 1.54) is 11.3 Å². The Kier molecular flexibility index (Phi) is 5.53. The average Bonchev–Trinajstić information content (AvgIpc) is 2.80. The van der Waals surface area contributed by atoms with E-state index in [0.29, 0.717) is 13.1 Å². The quantitative estimate of drug-likeness (QED) is 0.796. The number of carbonyl (C=O) groups is 1. The molecule has 17 heavy (non-hydrogen) atoms. The number of aliphatic hydroxyl groups is 1. The number of carbonyl (C=O) groups excluding carboxylic acids is 1. The monoisotopic (exact) mass is 252 g/mol. The van der Waals surface area contributed by atoms with Crippen molar-refractivity contribution in [2.45, 2.75) is 13.5 Å². The molecule has 0 aliphatic rings. The first-order valence-electron chi connectivity index (χ1n) is 5.34. The van der Waals surface area contributed by atoms with Gasteiger partial charge in [0.05, 0.1) is 11.4 Å². The van der Waals surface area contributed by atoms with Crippen LogP contribution in [-0.2, 0) is 6.54 Å². The first-order valence-corrected chi connectivity index (χ1v) is 6.16. The predicted octanol–water partition coefficient (Wildman–Crippen LogP) is 1.25. The van der Waals surface area contributed by atoms with Crippen LogP contribution in [0.25, 0.3) is 0 Å². The Morgan fingerprint density at radius 3 is 3.00 bits per heavy atom. The summed E-state index contributed by atoms with van der Waals surface area (Å²) in [6.45, 7) is 2.98. The zero-order valence-corrected chi connectivity index (χ0v) is 10.8. The van der Waals surface area contributed by atoms with Crippen LogP contribution >= 0.6 is 11.3 Å². The summed E-state index contributed by atoms with van der Waals surface area (Å²) in [6.07, 6.45) is 0. The van der Waals surface area contributed by atoms with E-state index >= 15 is 0 Å². The number of thiophene rings is 1. The molecule has 0 aliphatic carbocycles. The third-order valence-electron chi connectivity index (χ3n) is 2.19. The van der Waals surface area contributed by atoms with Gasteiger partial charge in [-0.3, -0.25) is 0 Å². The van der Waals surface area contributed by atoms with Crippen molar-refractivity contribution in [1.29, 1.82) is 0 Å². The lowest BCUT2D eigenvalue weighted by Gasteiger charge is -2.14. The molecule has 0 aliphatic heterocycles. The molecule has 0 radical (unpaired) electrons. The molecule has 0 saturated heterocycles. The summed E-state index contributed by atoms with van der Waals surface area (Å²) in [7, 11) is 1.75. The fourth-order valence-corrected chi connectivity index (χ4v) is 1.93. The van der Waals surface area contributed by atoms with E-state index in [4.69, 9.17) is 5.11 Å². The molecule has 0 atom stereocenters. The Bertz CT molecular complexity index is 431. The predicted molar refractivity (Wildman–Crippen MR) is 68.8 cm³/mol. The third-order valence-corrected chi connectivity index (χ3v) is 3.19. The van der Waals surface area contributed by atoms with Gasteiger partial charge >= 0.3 is 6.03 Å². The highest BCUT2D eigenvalue weighted by Crippen LogP contribution is 2.14. The zero-order chi connectivity index (χ0) is 12.7. The second-order valence-electron chi connectivity index (χ2n) is 3.40. The van der Waals surface area contributed by atoms with Crippen LogP contribution in [-0.4, -0.2) is 36.2 Å². The number of aliphatic hydroxyl groups excluding tert-OH is 1. The van der Waals surface area contributed by atoms with Crippen molar-refractivity contribution in [3.05, 3.63) is 21.9 Å². The van der Waals surface area contributed by atoms with Crippen LogP contribution in [0.3, 0.4) is 0 Å². The smallest absolute Gasteiger partial charge is 0.317 e. The maximum Gasteiger partial charge on any atom is 0.317 e. The molecule has 0 spiro atoms. The molecule has 1 heterocycles. The highest BCUT2D eigenvalue weighted by molar-refractivity contribution is 7.12. The maximum atomic E-state index is 11.5. The summed E-state index contributed by atoms with van der Waals surface area (Å²) in [6, 6.07) is 3.74. The first-order chi connectivity index (χ1) is 8.17. The van der Waals surface area contributed by atoms with E-state index in [0.717, 1.165) is 9.75 Å². The molecule has 92 valence electrons. The van der Waals surface area contributed by atoms with Gasteiger partial charge in [0.25, 0.3) is 0 Å². The summed E-state index contributed by atoms with van der Waals surface area (Å²) in [5.41, 5.74) is 0. The van der Waals surface area contributed by atoms with Gasteiger partial charge in [-0.1, -0.05) is 11.8 Å². The van der Waals surface area contributed by atoms with Crippen molar-refractivity contribution in [3.8, 4) is 11.8 Å². The van der Waals surface area contributed by atoms with Crippen LogP contribution in [0.15, 0.2) is 12.1 Å². The first kappa shape index (κ1) is 13.6. The number of nitrogens with zero attached hydrogens (tertiary/aromatic N) is 1. The van der Waals surface area contributed by atoms with Crippen LogP contribution in [0.5, 0.6) is 0 Å². The lowest BCUT2D eigenvalue weighted by molar-refractivity contribution is 0.210. The Balaban J connectivity index is 2.47. The largest absolute Gasteiger partial charge is 0.384 e. The van der Waals surface area contributed by atoms with Gasteiger partial charge in [0.2, 0.25) is 0 Å². The van der Waals surface area contributed by atoms with Crippen LogP contribution in [0.2, 0.25) is 0 Å². The summed E-state index contributed by atoms with van der Waals surface area (Å²) >= 11 is 1.52. The van der Waals surface area contributed by atoms with Crippen molar-refractivity contribution < 1.29 is 9.90 Å². The number of nitrogens with one attached hydrogen (secondary N) is 1. The Morgan fingerprint density at radius 1 is 1.59 bits per heavy atom. The summed E-state index contributed by atoms with van der Waals surface area (Å²) < 4.78 is 0. The number of urea groups is 1. The van der Waals surface area contributed by atoms with Crippen molar-refractivity contribution in [2.75, 3.05) is 20.2 Å². The number of hydrogen-bond donors (Lipinski definition) is 2. The van der Waals surface area contributed by atoms with E-state index < -0.39 is 0 Å². The molecule has 0 aromatic carbocycles. The van der Waals surface area contributed by atoms with Crippen molar-refractivity contribution in [2.24, 2.45) is 0 Å². The minimum absolute atomic E-state index is 0.0797. The molecule has 5 heteroatoms. The molecule has 1 aromatic heterocycles. The normalized spacial score (nSPS) is 9.35. The fourth-order valence-electron chi connectivity index (χ4n) is 1.11. The SMILES string of the molecule is CCN(C)C(=O)NCc1ccc(C#CCO)s1. The van der Waals surface area contributed by atoms with Crippen LogP contribution in [0.1, 0.15) is 16.7 Å². The summed E-state index contributed by atoms with van der Waals surface area (Å²) in [5, 5.41) is 11.4. The number of amides is 2. The lowest BCUT2D eigenvalue weighted by Crippen LogP contribution is -2.36. The number of rotatable bonds is 3. The van der Waals surface area contributed by atoms with Gasteiger partial charge in [0.1, 0.15) is 6.61 Å². The van der Waals surface area contributed by atoms with E-state index in [2.05, 4.69) is 17.2 Å². The molecule has 1 aromatic rings. The van der Waals surface area contributed by atoms with Gasteiger partial charge in [0, 0.05) is 18.5 Å². The molecule has 0 bridgehead atoms. The van der Waals surface area contributed by atoms with E-state index in [1.54, 1.807) is 11.9 Å². The van der Waals surface area contributed by atoms with Gasteiger partial charge < -0.3 is 15.3 Å².